The Kier molecular flexibility index (Phi) is 3.02. The Labute approximate surface area is 67.0 Å². The first kappa shape index (κ1) is 7.88. The third kappa shape index (κ3) is 2.19. The fourth-order valence-corrected chi connectivity index (χ4v) is 1.95. The number of hydrogen-bond donors (Lipinski definition) is 0. The molecule has 1 nitrogen and oxygen atoms in total. The highest BCUT2D eigenvalue weighted by molar-refractivity contribution is 6.20. The van der Waals surface area contributed by atoms with E-state index < -0.39 is 0 Å². The van der Waals surface area contributed by atoms with Crippen LogP contribution in [0.2, 0.25) is 0 Å². The van der Waals surface area contributed by atoms with E-state index in [1.165, 1.54) is 12.8 Å². The van der Waals surface area contributed by atoms with Crippen LogP contribution < -0.4 is 0 Å². The zero-order valence-corrected chi connectivity index (χ0v) is 6.77. The van der Waals surface area contributed by atoms with Gasteiger partial charge in [-0.15, -0.1) is 11.6 Å². The lowest BCUT2D eigenvalue weighted by Crippen LogP contribution is -2.14. The molecule has 1 fully saturated rings. The third-order valence-electron chi connectivity index (χ3n) is 2.10. The molecule has 0 spiro atoms. The second kappa shape index (κ2) is 3.83. The van der Waals surface area contributed by atoms with Crippen molar-refractivity contribution < 1.29 is 0 Å². The summed E-state index contributed by atoms with van der Waals surface area (Å²) in [6.45, 7) is 0. The summed E-state index contributed by atoms with van der Waals surface area (Å²) < 4.78 is 0. The van der Waals surface area contributed by atoms with Crippen molar-refractivity contribution >= 4 is 11.6 Å². The number of nitrogens with zero attached hydrogens (tertiary/aromatic N) is 1. The van der Waals surface area contributed by atoms with Crippen LogP contribution in [0.4, 0.5) is 0 Å². The van der Waals surface area contributed by atoms with E-state index >= 15 is 0 Å². The minimum Gasteiger partial charge on any atom is -0.198 e. The Morgan fingerprint density at radius 1 is 1.50 bits per heavy atom. The van der Waals surface area contributed by atoms with Gasteiger partial charge >= 0.3 is 0 Å². The lowest BCUT2D eigenvalue weighted by molar-refractivity contribution is 0.369. The van der Waals surface area contributed by atoms with E-state index in [2.05, 4.69) is 6.07 Å². The van der Waals surface area contributed by atoms with Gasteiger partial charge in [0.1, 0.15) is 0 Å². The van der Waals surface area contributed by atoms with Gasteiger partial charge in [-0.3, -0.25) is 0 Å². The first-order valence-electron chi connectivity index (χ1n) is 3.84. The van der Waals surface area contributed by atoms with Crippen molar-refractivity contribution in [3.8, 4) is 6.07 Å². The Bertz CT molecular complexity index is 139. The van der Waals surface area contributed by atoms with Crippen LogP contribution in [0, 0.1) is 17.2 Å². The van der Waals surface area contributed by atoms with Crippen molar-refractivity contribution in [3.63, 3.8) is 0 Å². The molecule has 2 unspecified atom stereocenters. The van der Waals surface area contributed by atoms with Crippen LogP contribution in [0.5, 0.6) is 0 Å². The van der Waals surface area contributed by atoms with Gasteiger partial charge in [0.05, 0.1) is 6.07 Å². The molecule has 0 aromatic carbocycles. The third-order valence-corrected chi connectivity index (χ3v) is 2.50. The standard InChI is InChI=1S/C8H12ClN/c9-8-3-1-2-7(6-8)4-5-10/h7-8H,1-4,6H2. The van der Waals surface area contributed by atoms with E-state index in [1.54, 1.807) is 0 Å². The lowest BCUT2D eigenvalue weighted by atomic mass is 9.87. The molecule has 0 saturated heterocycles. The van der Waals surface area contributed by atoms with Crippen molar-refractivity contribution in [2.45, 2.75) is 37.5 Å². The first-order chi connectivity index (χ1) is 4.83. The molecule has 2 atom stereocenters. The van der Waals surface area contributed by atoms with Gasteiger partial charge < -0.3 is 0 Å². The van der Waals surface area contributed by atoms with Gasteiger partial charge in [-0.2, -0.15) is 5.26 Å². The first-order valence-corrected chi connectivity index (χ1v) is 4.27. The van der Waals surface area contributed by atoms with Gasteiger partial charge in [-0.25, -0.2) is 0 Å². The maximum absolute atomic E-state index is 8.41. The molecule has 0 aromatic heterocycles. The molecule has 10 heavy (non-hydrogen) atoms. The molecule has 1 rings (SSSR count). The topological polar surface area (TPSA) is 23.8 Å². The molecule has 1 saturated carbocycles. The second-order valence-corrected chi connectivity index (χ2v) is 3.61. The smallest absolute Gasteiger partial charge is 0.0624 e. The number of nitriles is 1. The zero-order chi connectivity index (χ0) is 7.40. The van der Waals surface area contributed by atoms with Crippen molar-refractivity contribution in [1.29, 1.82) is 5.26 Å². The number of alkyl halides is 1. The highest BCUT2D eigenvalue weighted by atomic mass is 35.5. The van der Waals surface area contributed by atoms with Crippen LogP contribution in [0.15, 0.2) is 0 Å². The quantitative estimate of drug-likeness (QED) is 0.537. The van der Waals surface area contributed by atoms with Gasteiger partial charge in [0.25, 0.3) is 0 Å². The van der Waals surface area contributed by atoms with Crippen molar-refractivity contribution in [2.24, 2.45) is 5.92 Å². The van der Waals surface area contributed by atoms with Gasteiger partial charge in [0.15, 0.2) is 0 Å². The minimum absolute atomic E-state index is 0.340. The molecule has 1 aliphatic rings. The summed E-state index contributed by atoms with van der Waals surface area (Å²) in [5.74, 6) is 0.584. The van der Waals surface area contributed by atoms with E-state index in [0.29, 0.717) is 17.7 Å². The highest BCUT2D eigenvalue weighted by Crippen LogP contribution is 2.29. The molecule has 0 radical (unpaired) electrons. The predicted octanol–water partition coefficient (Wildman–Crippen LogP) is 2.70. The van der Waals surface area contributed by atoms with Crippen molar-refractivity contribution in [2.75, 3.05) is 0 Å². The minimum atomic E-state index is 0.340. The van der Waals surface area contributed by atoms with Crippen LogP contribution in [0.3, 0.4) is 0 Å². The largest absolute Gasteiger partial charge is 0.198 e. The van der Waals surface area contributed by atoms with E-state index in [9.17, 15) is 0 Å². The van der Waals surface area contributed by atoms with Crippen LogP contribution in [0.1, 0.15) is 32.1 Å². The van der Waals surface area contributed by atoms with E-state index in [0.717, 1.165) is 12.8 Å². The molecule has 0 N–H and O–H groups in total. The van der Waals surface area contributed by atoms with Gasteiger partial charge in [0.2, 0.25) is 0 Å². The molecule has 2 heteroatoms. The summed E-state index contributed by atoms with van der Waals surface area (Å²) in [4.78, 5) is 0. The summed E-state index contributed by atoms with van der Waals surface area (Å²) >= 11 is 5.94. The molecule has 0 amide bonds. The van der Waals surface area contributed by atoms with Crippen LogP contribution in [-0.4, -0.2) is 5.38 Å². The fourth-order valence-electron chi connectivity index (χ4n) is 1.54. The fraction of sp³-hybridized carbons (Fsp3) is 0.875. The monoisotopic (exact) mass is 157 g/mol. The molecule has 56 valence electrons. The Morgan fingerprint density at radius 3 is 2.90 bits per heavy atom. The maximum Gasteiger partial charge on any atom is 0.0624 e. The Balaban J connectivity index is 2.27. The summed E-state index contributed by atoms with van der Waals surface area (Å²) in [6, 6.07) is 2.20. The molecule has 0 heterocycles. The molecular formula is C8H12ClN. The number of rotatable bonds is 1. The zero-order valence-electron chi connectivity index (χ0n) is 6.02. The SMILES string of the molecule is N#CCC1CCCC(Cl)C1. The maximum atomic E-state index is 8.41. The highest BCUT2D eigenvalue weighted by Gasteiger charge is 2.19. The summed E-state index contributed by atoms with van der Waals surface area (Å²) in [6.07, 6.45) is 5.30. The Hall–Kier alpha value is -0.220. The molecule has 0 bridgehead atoms. The summed E-state index contributed by atoms with van der Waals surface area (Å²) in [5.41, 5.74) is 0. The molecule has 0 aromatic rings. The van der Waals surface area contributed by atoms with E-state index in [-0.39, 0.29) is 0 Å². The number of halogens is 1. The normalized spacial score (nSPS) is 33.2. The molecule has 1 aliphatic carbocycles. The lowest BCUT2D eigenvalue weighted by Gasteiger charge is -2.22. The summed E-state index contributed by atoms with van der Waals surface area (Å²) in [5, 5.41) is 8.75. The van der Waals surface area contributed by atoms with Crippen LogP contribution >= 0.6 is 11.6 Å². The summed E-state index contributed by atoms with van der Waals surface area (Å²) in [7, 11) is 0. The Morgan fingerprint density at radius 2 is 2.30 bits per heavy atom. The van der Waals surface area contributed by atoms with Crippen molar-refractivity contribution in [1.82, 2.24) is 0 Å². The average molecular weight is 158 g/mol. The molecular weight excluding hydrogens is 146 g/mol. The van der Waals surface area contributed by atoms with Crippen LogP contribution in [-0.2, 0) is 0 Å². The molecule has 0 aliphatic heterocycles. The van der Waals surface area contributed by atoms with Gasteiger partial charge in [-0.1, -0.05) is 6.42 Å². The number of hydrogen-bond acceptors (Lipinski definition) is 1. The van der Waals surface area contributed by atoms with Crippen molar-refractivity contribution in [3.05, 3.63) is 0 Å². The van der Waals surface area contributed by atoms with Crippen LogP contribution in [0.25, 0.3) is 0 Å². The van der Waals surface area contributed by atoms with Gasteiger partial charge in [0, 0.05) is 11.8 Å². The van der Waals surface area contributed by atoms with E-state index in [4.69, 9.17) is 16.9 Å². The predicted molar refractivity (Wildman–Crippen MR) is 41.8 cm³/mol. The average Bonchev–Trinajstić information content (AvgIpc) is 1.88. The van der Waals surface area contributed by atoms with E-state index in [1.807, 2.05) is 0 Å². The second-order valence-electron chi connectivity index (χ2n) is 2.99. The van der Waals surface area contributed by atoms with Gasteiger partial charge in [-0.05, 0) is 25.2 Å².